The van der Waals surface area contributed by atoms with E-state index in [-0.39, 0.29) is 5.82 Å². The second-order valence-electron chi connectivity index (χ2n) is 6.78. The predicted octanol–water partition coefficient (Wildman–Crippen LogP) is 3.85. The van der Waals surface area contributed by atoms with Gasteiger partial charge < -0.3 is 20.3 Å². The van der Waals surface area contributed by atoms with E-state index in [9.17, 15) is 4.39 Å². The molecule has 1 aliphatic rings. The van der Waals surface area contributed by atoms with Crippen LogP contribution in [0.5, 0.6) is 0 Å². The van der Waals surface area contributed by atoms with Crippen LogP contribution < -0.4 is 15.5 Å². The molecule has 150 valence electrons. The Morgan fingerprint density at radius 1 is 1.00 bits per heavy atom. The van der Waals surface area contributed by atoms with Gasteiger partial charge in [0.05, 0.1) is 24.6 Å². The summed E-state index contributed by atoms with van der Waals surface area (Å²) in [5.41, 5.74) is 2.75. The van der Waals surface area contributed by atoms with E-state index in [2.05, 4.69) is 31.6 Å². The number of hydrogen-bond acceptors (Lipinski definition) is 6. The van der Waals surface area contributed by atoms with Crippen molar-refractivity contribution in [3.8, 4) is 0 Å². The van der Waals surface area contributed by atoms with E-state index in [1.165, 1.54) is 6.07 Å². The number of rotatable bonds is 7. The summed E-state index contributed by atoms with van der Waals surface area (Å²) in [6, 6.07) is 16.7. The lowest BCUT2D eigenvalue weighted by Gasteiger charge is -2.30. The standard InChI is InChI=1S/C22H24FN5O/c23-18-6-2-1-5-17(18)9-11-24-21-10-12-25-22(27-21)26-19-7-3-4-8-20(19)28-13-15-29-16-14-28/h1-8,10,12H,9,11,13-16H2,(H2,24,25,26,27). The third-order valence-corrected chi connectivity index (χ3v) is 4.82. The highest BCUT2D eigenvalue weighted by Gasteiger charge is 2.15. The molecule has 0 amide bonds. The largest absolute Gasteiger partial charge is 0.378 e. The maximum absolute atomic E-state index is 13.7. The van der Waals surface area contributed by atoms with Gasteiger partial charge in [0.2, 0.25) is 5.95 Å². The van der Waals surface area contributed by atoms with Crippen LogP contribution in [0.3, 0.4) is 0 Å². The molecule has 0 atom stereocenters. The highest BCUT2D eigenvalue weighted by Crippen LogP contribution is 2.28. The van der Waals surface area contributed by atoms with Crippen molar-refractivity contribution in [1.29, 1.82) is 0 Å². The van der Waals surface area contributed by atoms with Crippen LogP contribution in [-0.2, 0) is 11.2 Å². The Hall–Kier alpha value is -3.19. The monoisotopic (exact) mass is 393 g/mol. The topological polar surface area (TPSA) is 62.3 Å². The summed E-state index contributed by atoms with van der Waals surface area (Å²) in [7, 11) is 0. The van der Waals surface area contributed by atoms with Crippen LogP contribution >= 0.6 is 0 Å². The summed E-state index contributed by atoms with van der Waals surface area (Å²) in [5.74, 6) is 1.03. The number of nitrogens with zero attached hydrogens (tertiary/aromatic N) is 3. The summed E-state index contributed by atoms with van der Waals surface area (Å²) in [6.45, 7) is 3.76. The summed E-state index contributed by atoms with van der Waals surface area (Å²) >= 11 is 0. The molecule has 2 aromatic carbocycles. The molecule has 1 fully saturated rings. The number of anilines is 4. The average molecular weight is 393 g/mol. The van der Waals surface area contributed by atoms with Gasteiger partial charge in [-0.15, -0.1) is 0 Å². The summed E-state index contributed by atoms with van der Waals surface area (Å²) < 4.78 is 19.2. The second-order valence-corrected chi connectivity index (χ2v) is 6.78. The first-order valence-corrected chi connectivity index (χ1v) is 9.79. The first kappa shape index (κ1) is 19.1. The molecule has 29 heavy (non-hydrogen) atoms. The minimum Gasteiger partial charge on any atom is -0.378 e. The highest BCUT2D eigenvalue weighted by atomic mass is 19.1. The van der Waals surface area contributed by atoms with Gasteiger partial charge in [-0.3, -0.25) is 0 Å². The van der Waals surface area contributed by atoms with Crippen LogP contribution in [0.1, 0.15) is 5.56 Å². The van der Waals surface area contributed by atoms with Crippen LogP contribution in [0.4, 0.5) is 27.5 Å². The van der Waals surface area contributed by atoms with Crippen LogP contribution in [-0.4, -0.2) is 42.8 Å². The lowest BCUT2D eigenvalue weighted by Crippen LogP contribution is -2.36. The molecule has 4 rings (SSSR count). The van der Waals surface area contributed by atoms with Crippen molar-refractivity contribution in [3.05, 3.63) is 72.2 Å². The van der Waals surface area contributed by atoms with E-state index in [0.717, 1.165) is 37.7 Å². The zero-order chi connectivity index (χ0) is 19.9. The fraction of sp³-hybridized carbons (Fsp3) is 0.273. The molecular weight excluding hydrogens is 369 g/mol. The quantitative estimate of drug-likeness (QED) is 0.636. The van der Waals surface area contributed by atoms with Gasteiger partial charge in [-0.2, -0.15) is 4.98 Å². The molecule has 1 aliphatic heterocycles. The molecule has 1 saturated heterocycles. The van der Waals surface area contributed by atoms with E-state index >= 15 is 0 Å². The minimum absolute atomic E-state index is 0.181. The molecule has 2 N–H and O–H groups in total. The minimum atomic E-state index is -0.181. The maximum Gasteiger partial charge on any atom is 0.229 e. The van der Waals surface area contributed by atoms with Crippen molar-refractivity contribution in [2.24, 2.45) is 0 Å². The molecular formula is C22H24FN5O. The molecule has 0 unspecified atom stereocenters. The van der Waals surface area contributed by atoms with Gasteiger partial charge in [0.15, 0.2) is 0 Å². The van der Waals surface area contributed by atoms with Gasteiger partial charge in [-0.25, -0.2) is 9.37 Å². The molecule has 0 aliphatic carbocycles. The number of para-hydroxylation sites is 2. The summed E-state index contributed by atoms with van der Waals surface area (Å²) in [6.07, 6.45) is 2.29. The third-order valence-electron chi connectivity index (χ3n) is 4.82. The Morgan fingerprint density at radius 3 is 2.66 bits per heavy atom. The van der Waals surface area contributed by atoms with Crippen LogP contribution in [0.2, 0.25) is 0 Å². The van der Waals surface area contributed by atoms with Crippen molar-refractivity contribution >= 4 is 23.1 Å². The normalized spacial score (nSPS) is 13.9. The molecule has 1 aromatic heterocycles. The van der Waals surface area contributed by atoms with Crippen LogP contribution in [0, 0.1) is 5.82 Å². The Kier molecular flexibility index (Phi) is 6.16. The van der Waals surface area contributed by atoms with Crippen molar-refractivity contribution in [1.82, 2.24) is 9.97 Å². The molecule has 0 saturated carbocycles. The number of hydrogen-bond donors (Lipinski definition) is 2. The Balaban J connectivity index is 1.41. The van der Waals surface area contributed by atoms with E-state index in [1.54, 1.807) is 24.4 Å². The van der Waals surface area contributed by atoms with Crippen molar-refractivity contribution in [2.75, 3.05) is 48.4 Å². The van der Waals surface area contributed by atoms with Gasteiger partial charge in [-0.1, -0.05) is 30.3 Å². The van der Waals surface area contributed by atoms with E-state index in [4.69, 9.17) is 4.74 Å². The number of morpholine rings is 1. The summed E-state index contributed by atoms with van der Waals surface area (Å²) in [5, 5.41) is 6.56. The third kappa shape index (κ3) is 5.00. The first-order valence-electron chi connectivity index (χ1n) is 9.79. The zero-order valence-electron chi connectivity index (χ0n) is 16.1. The lowest BCUT2D eigenvalue weighted by molar-refractivity contribution is 0.123. The molecule has 0 radical (unpaired) electrons. The van der Waals surface area contributed by atoms with E-state index in [0.29, 0.717) is 30.3 Å². The maximum atomic E-state index is 13.7. The van der Waals surface area contributed by atoms with E-state index < -0.39 is 0 Å². The SMILES string of the molecule is Fc1ccccc1CCNc1ccnc(Nc2ccccc2N2CCOCC2)n1. The Bertz CT molecular complexity index is 946. The first-order chi connectivity index (χ1) is 14.3. The number of nitrogens with one attached hydrogen (secondary N) is 2. The molecule has 2 heterocycles. The Morgan fingerprint density at radius 2 is 1.79 bits per heavy atom. The summed E-state index contributed by atoms with van der Waals surface area (Å²) in [4.78, 5) is 11.2. The number of halogens is 1. The fourth-order valence-electron chi connectivity index (χ4n) is 3.32. The number of ether oxygens (including phenoxy) is 1. The highest BCUT2D eigenvalue weighted by molar-refractivity contribution is 5.73. The van der Waals surface area contributed by atoms with Crippen LogP contribution in [0.15, 0.2) is 60.8 Å². The molecule has 7 heteroatoms. The number of aromatic nitrogens is 2. The molecule has 0 spiro atoms. The van der Waals surface area contributed by atoms with Gasteiger partial charge in [0, 0.05) is 25.8 Å². The number of benzene rings is 2. The molecule has 6 nitrogen and oxygen atoms in total. The fourth-order valence-corrected chi connectivity index (χ4v) is 3.32. The van der Waals surface area contributed by atoms with Gasteiger partial charge in [-0.05, 0) is 36.2 Å². The lowest BCUT2D eigenvalue weighted by atomic mass is 10.1. The van der Waals surface area contributed by atoms with Gasteiger partial charge in [0.1, 0.15) is 11.6 Å². The van der Waals surface area contributed by atoms with Gasteiger partial charge >= 0.3 is 0 Å². The second kappa shape index (κ2) is 9.34. The average Bonchev–Trinajstić information content (AvgIpc) is 2.76. The van der Waals surface area contributed by atoms with Crippen molar-refractivity contribution < 1.29 is 9.13 Å². The smallest absolute Gasteiger partial charge is 0.229 e. The van der Waals surface area contributed by atoms with Gasteiger partial charge in [0.25, 0.3) is 0 Å². The molecule has 0 bridgehead atoms. The molecule has 3 aromatic rings. The zero-order valence-corrected chi connectivity index (χ0v) is 16.1. The predicted molar refractivity (Wildman–Crippen MR) is 113 cm³/mol. The van der Waals surface area contributed by atoms with Crippen molar-refractivity contribution in [3.63, 3.8) is 0 Å². The van der Waals surface area contributed by atoms with Crippen LogP contribution in [0.25, 0.3) is 0 Å². The Labute approximate surface area is 169 Å². The van der Waals surface area contributed by atoms with Crippen molar-refractivity contribution in [2.45, 2.75) is 6.42 Å². The van der Waals surface area contributed by atoms with E-state index in [1.807, 2.05) is 24.3 Å².